The third-order valence-electron chi connectivity index (χ3n) is 2.41. The summed E-state index contributed by atoms with van der Waals surface area (Å²) in [7, 11) is -3.60. The monoisotopic (exact) mass is 313 g/mol. The van der Waals surface area contributed by atoms with Crippen LogP contribution in [0.15, 0.2) is 27.9 Å². The summed E-state index contributed by atoms with van der Waals surface area (Å²) in [5.41, 5.74) is 0. The van der Waals surface area contributed by atoms with E-state index in [1.165, 1.54) is 23.5 Å². The number of nitriles is 1. The molecule has 0 saturated carbocycles. The molecular formula is C11H11N3O2S3. The van der Waals surface area contributed by atoms with Gasteiger partial charge in [0.15, 0.2) is 0 Å². The zero-order chi connectivity index (χ0) is 13.9. The second-order valence-electron chi connectivity index (χ2n) is 3.68. The highest BCUT2D eigenvalue weighted by atomic mass is 32.2. The first-order valence-electron chi connectivity index (χ1n) is 5.48. The molecule has 100 valence electrons. The van der Waals surface area contributed by atoms with Gasteiger partial charge in [-0.25, -0.2) is 18.1 Å². The molecule has 0 amide bonds. The van der Waals surface area contributed by atoms with Gasteiger partial charge in [-0.1, -0.05) is 6.92 Å². The maximum Gasteiger partial charge on any atom is 0.250 e. The minimum absolute atomic E-state index is 0.152. The van der Waals surface area contributed by atoms with E-state index in [0.717, 1.165) is 16.3 Å². The normalized spacial score (nSPS) is 13.1. The summed E-state index contributed by atoms with van der Waals surface area (Å²) in [5.74, 6) is 0. The molecule has 1 unspecified atom stereocenters. The molecule has 2 heterocycles. The van der Waals surface area contributed by atoms with Crippen molar-refractivity contribution in [3.8, 4) is 6.07 Å². The van der Waals surface area contributed by atoms with Gasteiger partial charge in [0, 0.05) is 11.6 Å². The predicted octanol–water partition coefficient (Wildman–Crippen LogP) is 2.51. The van der Waals surface area contributed by atoms with Gasteiger partial charge in [-0.3, -0.25) is 0 Å². The first-order chi connectivity index (χ1) is 9.06. The van der Waals surface area contributed by atoms with E-state index < -0.39 is 10.0 Å². The molecule has 2 aromatic rings. The lowest BCUT2D eigenvalue weighted by atomic mass is 10.3. The topological polar surface area (TPSA) is 82.9 Å². The quantitative estimate of drug-likeness (QED) is 0.919. The van der Waals surface area contributed by atoms with Gasteiger partial charge < -0.3 is 0 Å². The van der Waals surface area contributed by atoms with Gasteiger partial charge in [0.05, 0.1) is 6.04 Å². The molecular weight excluding hydrogens is 302 g/mol. The Hall–Kier alpha value is -1.27. The van der Waals surface area contributed by atoms with Crippen LogP contribution in [0.5, 0.6) is 0 Å². The number of nitrogens with zero attached hydrogens (tertiary/aromatic N) is 2. The molecule has 0 fully saturated rings. The van der Waals surface area contributed by atoms with E-state index in [2.05, 4.69) is 9.71 Å². The van der Waals surface area contributed by atoms with Crippen LogP contribution in [0.1, 0.15) is 29.3 Å². The predicted molar refractivity (Wildman–Crippen MR) is 74.5 cm³/mol. The van der Waals surface area contributed by atoms with Crippen LogP contribution in [0.2, 0.25) is 0 Å². The van der Waals surface area contributed by atoms with Crippen LogP contribution in [0, 0.1) is 11.3 Å². The summed E-state index contributed by atoms with van der Waals surface area (Å²) in [4.78, 5) is 4.51. The molecule has 0 radical (unpaired) electrons. The standard InChI is InChI=1S/C11H11N3O2S3/c1-2-9(11-13-5-6-17-11)14-19(15,16)10-4-3-8(7-12)18-10/h3-6,9,14H,2H2,1H3. The lowest BCUT2D eigenvalue weighted by Gasteiger charge is -2.13. The van der Waals surface area contributed by atoms with Crippen molar-refractivity contribution >= 4 is 32.7 Å². The molecule has 0 aliphatic carbocycles. The van der Waals surface area contributed by atoms with Crippen LogP contribution in [-0.2, 0) is 10.0 Å². The second-order valence-corrected chi connectivity index (χ2v) is 7.63. The van der Waals surface area contributed by atoms with E-state index in [-0.39, 0.29) is 10.3 Å². The summed E-state index contributed by atoms with van der Waals surface area (Å²) < 4.78 is 27.2. The van der Waals surface area contributed by atoms with Gasteiger partial charge >= 0.3 is 0 Å². The van der Waals surface area contributed by atoms with Gasteiger partial charge in [-0.2, -0.15) is 5.26 Å². The van der Waals surface area contributed by atoms with E-state index >= 15 is 0 Å². The van der Waals surface area contributed by atoms with Crippen molar-refractivity contribution in [1.82, 2.24) is 9.71 Å². The van der Waals surface area contributed by atoms with Crippen molar-refractivity contribution in [1.29, 1.82) is 5.26 Å². The fraction of sp³-hybridized carbons (Fsp3) is 0.273. The fourth-order valence-corrected chi connectivity index (χ4v) is 4.74. The number of thiophene rings is 1. The van der Waals surface area contributed by atoms with Crippen molar-refractivity contribution in [2.24, 2.45) is 0 Å². The van der Waals surface area contributed by atoms with Crippen LogP contribution in [0.4, 0.5) is 0 Å². The molecule has 19 heavy (non-hydrogen) atoms. The molecule has 8 heteroatoms. The molecule has 1 atom stereocenters. The van der Waals surface area contributed by atoms with E-state index in [9.17, 15) is 8.42 Å². The Balaban J connectivity index is 2.23. The van der Waals surface area contributed by atoms with Crippen LogP contribution in [-0.4, -0.2) is 13.4 Å². The van der Waals surface area contributed by atoms with E-state index in [4.69, 9.17) is 5.26 Å². The molecule has 0 spiro atoms. The lowest BCUT2D eigenvalue weighted by Crippen LogP contribution is -2.27. The SMILES string of the molecule is CCC(NS(=O)(=O)c1ccc(C#N)s1)c1nccs1. The van der Waals surface area contributed by atoms with Crippen LogP contribution in [0.3, 0.4) is 0 Å². The highest BCUT2D eigenvalue weighted by Crippen LogP contribution is 2.25. The molecule has 0 aliphatic rings. The molecule has 0 aromatic carbocycles. The number of hydrogen-bond acceptors (Lipinski definition) is 6. The maximum absolute atomic E-state index is 12.2. The van der Waals surface area contributed by atoms with Crippen molar-refractivity contribution < 1.29 is 8.42 Å². The molecule has 5 nitrogen and oxygen atoms in total. The summed E-state index contributed by atoms with van der Waals surface area (Å²) in [6, 6.07) is 4.54. The Morgan fingerprint density at radius 2 is 2.32 bits per heavy atom. The Bertz CT molecular complexity index is 683. The van der Waals surface area contributed by atoms with Crippen molar-refractivity contribution in [2.45, 2.75) is 23.6 Å². The highest BCUT2D eigenvalue weighted by Gasteiger charge is 2.23. The molecule has 2 aromatic heterocycles. The molecule has 0 saturated heterocycles. The minimum Gasteiger partial charge on any atom is -0.248 e. The third-order valence-corrected chi connectivity index (χ3v) is 6.25. The third kappa shape index (κ3) is 3.19. The van der Waals surface area contributed by atoms with Gasteiger partial charge in [0.25, 0.3) is 10.0 Å². The average Bonchev–Trinajstić information content (AvgIpc) is 3.06. The number of hydrogen-bond donors (Lipinski definition) is 1. The minimum atomic E-state index is -3.60. The first-order valence-corrected chi connectivity index (χ1v) is 8.66. The van der Waals surface area contributed by atoms with E-state index in [0.29, 0.717) is 11.3 Å². The first kappa shape index (κ1) is 14.1. The Labute approximate surface area is 119 Å². The number of sulfonamides is 1. The highest BCUT2D eigenvalue weighted by molar-refractivity contribution is 7.91. The fourth-order valence-electron chi connectivity index (χ4n) is 1.48. The molecule has 0 aliphatic heterocycles. The number of thiazole rings is 1. The number of nitrogens with one attached hydrogen (secondary N) is 1. The summed E-state index contributed by atoms with van der Waals surface area (Å²) in [6.45, 7) is 1.89. The second kappa shape index (κ2) is 5.79. The van der Waals surface area contributed by atoms with Crippen LogP contribution in [0.25, 0.3) is 0 Å². The van der Waals surface area contributed by atoms with Gasteiger partial charge in [0.2, 0.25) is 0 Å². The summed E-state index contributed by atoms with van der Waals surface area (Å²) in [5, 5.41) is 11.3. The van der Waals surface area contributed by atoms with E-state index in [1.807, 2.05) is 18.4 Å². The molecule has 1 N–H and O–H groups in total. The smallest absolute Gasteiger partial charge is 0.248 e. The zero-order valence-electron chi connectivity index (χ0n) is 10.0. The Morgan fingerprint density at radius 3 is 2.84 bits per heavy atom. The van der Waals surface area contributed by atoms with E-state index in [1.54, 1.807) is 6.20 Å². The molecule has 2 rings (SSSR count). The zero-order valence-corrected chi connectivity index (χ0v) is 12.5. The Kier molecular flexibility index (Phi) is 4.31. The largest absolute Gasteiger partial charge is 0.250 e. The van der Waals surface area contributed by atoms with Crippen molar-refractivity contribution in [3.63, 3.8) is 0 Å². The summed E-state index contributed by atoms with van der Waals surface area (Å²) in [6.07, 6.45) is 2.26. The summed E-state index contributed by atoms with van der Waals surface area (Å²) >= 11 is 2.38. The van der Waals surface area contributed by atoms with Crippen LogP contribution < -0.4 is 4.72 Å². The average molecular weight is 313 g/mol. The number of rotatable bonds is 5. The van der Waals surface area contributed by atoms with Gasteiger partial charge in [-0.05, 0) is 18.6 Å². The Morgan fingerprint density at radius 1 is 1.53 bits per heavy atom. The lowest BCUT2D eigenvalue weighted by molar-refractivity contribution is 0.551. The number of aromatic nitrogens is 1. The molecule has 0 bridgehead atoms. The maximum atomic E-state index is 12.2. The van der Waals surface area contributed by atoms with Crippen molar-refractivity contribution in [3.05, 3.63) is 33.6 Å². The van der Waals surface area contributed by atoms with Gasteiger partial charge in [-0.15, -0.1) is 22.7 Å². The van der Waals surface area contributed by atoms with Crippen molar-refractivity contribution in [2.75, 3.05) is 0 Å². The van der Waals surface area contributed by atoms with Crippen LogP contribution >= 0.6 is 22.7 Å². The van der Waals surface area contributed by atoms with Gasteiger partial charge in [0.1, 0.15) is 20.2 Å².